The summed E-state index contributed by atoms with van der Waals surface area (Å²) in [4.78, 5) is 35.0. The van der Waals surface area contributed by atoms with Gasteiger partial charge in [-0.3, -0.25) is 9.78 Å². The molecule has 1 fully saturated rings. The van der Waals surface area contributed by atoms with Crippen LogP contribution in [-0.2, 0) is 16.1 Å². The lowest BCUT2D eigenvalue weighted by molar-refractivity contribution is -0.107. The zero-order valence-corrected chi connectivity index (χ0v) is 20.8. The molecule has 1 saturated heterocycles. The molecule has 0 saturated carbocycles. The number of hydrogen-bond acceptors (Lipinski definition) is 7. The second-order valence-electron chi connectivity index (χ2n) is 8.76. The van der Waals surface area contributed by atoms with Gasteiger partial charge in [-0.25, -0.2) is 15.0 Å². The van der Waals surface area contributed by atoms with Gasteiger partial charge in [-0.15, -0.1) is 0 Å². The van der Waals surface area contributed by atoms with Crippen molar-refractivity contribution in [3.63, 3.8) is 0 Å². The van der Waals surface area contributed by atoms with Crippen LogP contribution in [0.4, 0.5) is 11.5 Å². The van der Waals surface area contributed by atoms with Crippen LogP contribution in [0.2, 0.25) is 0 Å². The number of rotatable bonds is 9. The fraction of sp³-hybridized carbons (Fsp3) is 0.370. The van der Waals surface area contributed by atoms with Gasteiger partial charge in [-0.1, -0.05) is 25.5 Å². The molecule has 0 aliphatic carbocycles. The molecule has 4 aromatic rings. The number of aromatic nitrogens is 5. The number of pyridine rings is 1. The maximum Gasteiger partial charge on any atom is 0.214 e. The topological polar surface area (TPSA) is 89.3 Å². The van der Waals surface area contributed by atoms with Gasteiger partial charge in [0.15, 0.2) is 22.8 Å². The number of imidazole rings is 1. The molecule has 9 nitrogen and oxygen atoms in total. The van der Waals surface area contributed by atoms with Crippen molar-refractivity contribution in [2.45, 2.75) is 33.2 Å². The predicted molar refractivity (Wildman–Crippen MR) is 141 cm³/mol. The first-order valence-electron chi connectivity index (χ1n) is 12.6. The highest BCUT2D eigenvalue weighted by Crippen LogP contribution is 2.32. The molecule has 9 heteroatoms. The molecular formula is C27H31N7O2. The zero-order valence-electron chi connectivity index (χ0n) is 20.8. The SMILES string of the molecule is CCCCN(C=O)c1cccc(-c2nc(N3CCOCC3)c3nc(-c4ccncc4)n(CC)c3n2)c1. The van der Waals surface area contributed by atoms with Crippen LogP contribution >= 0.6 is 0 Å². The molecule has 0 radical (unpaired) electrons. The van der Waals surface area contributed by atoms with Crippen LogP contribution in [0.25, 0.3) is 33.9 Å². The van der Waals surface area contributed by atoms with Crippen molar-refractivity contribution in [3.8, 4) is 22.8 Å². The molecule has 4 heterocycles. The number of amides is 1. The molecule has 3 aromatic heterocycles. The summed E-state index contributed by atoms with van der Waals surface area (Å²) in [5.74, 6) is 2.27. The van der Waals surface area contributed by atoms with Crippen molar-refractivity contribution in [2.75, 3.05) is 42.6 Å². The Morgan fingerprint density at radius 3 is 2.56 bits per heavy atom. The molecule has 0 atom stereocenters. The third-order valence-electron chi connectivity index (χ3n) is 6.46. The van der Waals surface area contributed by atoms with Crippen LogP contribution in [0, 0.1) is 0 Å². The molecule has 0 N–H and O–H groups in total. The number of morpholine rings is 1. The largest absolute Gasteiger partial charge is 0.378 e. The van der Waals surface area contributed by atoms with Crippen LogP contribution in [0.15, 0.2) is 48.8 Å². The van der Waals surface area contributed by atoms with Crippen molar-refractivity contribution >= 4 is 29.1 Å². The fourth-order valence-corrected chi connectivity index (χ4v) is 4.53. The molecule has 36 heavy (non-hydrogen) atoms. The first-order chi connectivity index (χ1) is 17.7. The predicted octanol–water partition coefficient (Wildman–Crippen LogP) is 4.17. The van der Waals surface area contributed by atoms with Crippen LogP contribution in [-0.4, -0.2) is 63.8 Å². The Kier molecular flexibility index (Phi) is 7.18. The summed E-state index contributed by atoms with van der Waals surface area (Å²) in [5, 5.41) is 0. The van der Waals surface area contributed by atoms with Gasteiger partial charge in [0, 0.05) is 55.4 Å². The first kappa shape index (κ1) is 23.9. The van der Waals surface area contributed by atoms with Crippen LogP contribution < -0.4 is 9.80 Å². The van der Waals surface area contributed by atoms with Crippen molar-refractivity contribution < 1.29 is 9.53 Å². The van der Waals surface area contributed by atoms with E-state index in [-0.39, 0.29) is 0 Å². The summed E-state index contributed by atoms with van der Waals surface area (Å²) in [7, 11) is 0. The molecule has 5 rings (SSSR count). The Bertz CT molecular complexity index is 1330. The van der Waals surface area contributed by atoms with E-state index in [0.29, 0.717) is 32.1 Å². The minimum Gasteiger partial charge on any atom is -0.378 e. The lowest BCUT2D eigenvalue weighted by Crippen LogP contribution is -2.37. The number of carbonyl (C=O) groups is 1. The normalized spacial score (nSPS) is 13.8. The second-order valence-corrected chi connectivity index (χ2v) is 8.76. The van der Waals surface area contributed by atoms with E-state index in [0.717, 1.165) is 72.0 Å². The molecule has 0 spiro atoms. The second kappa shape index (κ2) is 10.8. The van der Waals surface area contributed by atoms with Crippen molar-refractivity contribution in [2.24, 2.45) is 0 Å². The average molecular weight is 486 g/mol. The number of anilines is 2. The van der Waals surface area contributed by atoms with E-state index in [1.807, 2.05) is 36.4 Å². The summed E-state index contributed by atoms with van der Waals surface area (Å²) >= 11 is 0. The maximum absolute atomic E-state index is 11.8. The zero-order chi connectivity index (χ0) is 24.9. The Morgan fingerprint density at radius 2 is 1.83 bits per heavy atom. The lowest BCUT2D eigenvalue weighted by atomic mass is 10.1. The first-order valence-corrected chi connectivity index (χ1v) is 12.6. The van der Waals surface area contributed by atoms with E-state index in [2.05, 4.69) is 28.3 Å². The van der Waals surface area contributed by atoms with E-state index >= 15 is 0 Å². The van der Waals surface area contributed by atoms with Gasteiger partial charge >= 0.3 is 0 Å². The standard InChI is InChI=1S/C27H31N7O2/c1-3-5-13-33(19-35)22-8-6-7-21(18-22)24-30-26(32-14-16-36-17-15-32)23-27(31-24)34(4-2)25(29-23)20-9-11-28-12-10-20/h6-12,18-19H,3-5,13-17H2,1-2H3. The number of aryl methyl sites for hydroxylation is 1. The lowest BCUT2D eigenvalue weighted by Gasteiger charge is -2.28. The molecule has 1 aliphatic rings. The molecule has 0 bridgehead atoms. The van der Waals surface area contributed by atoms with E-state index in [1.165, 1.54) is 0 Å². The van der Waals surface area contributed by atoms with E-state index in [1.54, 1.807) is 17.3 Å². The van der Waals surface area contributed by atoms with Gasteiger partial charge in [-0.2, -0.15) is 0 Å². The summed E-state index contributed by atoms with van der Waals surface area (Å²) in [6.07, 6.45) is 6.41. The highest BCUT2D eigenvalue weighted by atomic mass is 16.5. The molecule has 1 aliphatic heterocycles. The highest BCUT2D eigenvalue weighted by molar-refractivity contribution is 5.89. The van der Waals surface area contributed by atoms with Gasteiger partial charge in [0.1, 0.15) is 5.82 Å². The van der Waals surface area contributed by atoms with Gasteiger partial charge in [-0.05, 0) is 37.6 Å². The van der Waals surface area contributed by atoms with Crippen LogP contribution in [0.3, 0.4) is 0 Å². The third-order valence-corrected chi connectivity index (χ3v) is 6.46. The van der Waals surface area contributed by atoms with Gasteiger partial charge in [0.05, 0.1) is 13.2 Å². The van der Waals surface area contributed by atoms with Gasteiger partial charge in [0.25, 0.3) is 0 Å². The van der Waals surface area contributed by atoms with Gasteiger partial charge in [0.2, 0.25) is 6.41 Å². The number of hydrogen-bond donors (Lipinski definition) is 0. The third kappa shape index (κ3) is 4.66. The quantitative estimate of drug-likeness (QED) is 0.329. The monoisotopic (exact) mass is 485 g/mol. The van der Waals surface area contributed by atoms with Crippen LogP contribution in [0.5, 0.6) is 0 Å². The summed E-state index contributed by atoms with van der Waals surface area (Å²) in [6, 6.07) is 11.8. The van der Waals surface area contributed by atoms with E-state index in [4.69, 9.17) is 19.7 Å². The van der Waals surface area contributed by atoms with E-state index in [9.17, 15) is 4.79 Å². The van der Waals surface area contributed by atoms with Crippen molar-refractivity contribution in [1.29, 1.82) is 0 Å². The summed E-state index contributed by atoms with van der Waals surface area (Å²) in [5.41, 5.74) is 4.26. The number of carbonyl (C=O) groups excluding carboxylic acids is 1. The summed E-state index contributed by atoms with van der Waals surface area (Å²) < 4.78 is 7.73. The Balaban J connectivity index is 1.67. The minimum absolute atomic E-state index is 0.614. The number of fused-ring (bicyclic) bond motifs is 1. The number of benzene rings is 1. The molecule has 0 unspecified atom stereocenters. The number of nitrogens with zero attached hydrogens (tertiary/aromatic N) is 7. The van der Waals surface area contributed by atoms with Crippen molar-refractivity contribution in [1.82, 2.24) is 24.5 Å². The Labute approximate surface area is 210 Å². The molecule has 1 aromatic carbocycles. The van der Waals surface area contributed by atoms with Gasteiger partial charge < -0.3 is 19.1 Å². The smallest absolute Gasteiger partial charge is 0.214 e. The highest BCUT2D eigenvalue weighted by Gasteiger charge is 2.24. The number of unbranched alkanes of at least 4 members (excludes halogenated alkanes) is 1. The maximum atomic E-state index is 11.8. The van der Waals surface area contributed by atoms with Crippen LogP contribution in [0.1, 0.15) is 26.7 Å². The molecular weight excluding hydrogens is 454 g/mol. The molecule has 186 valence electrons. The summed E-state index contributed by atoms with van der Waals surface area (Å²) in [6.45, 7) is 8.38. The Morgan fingerprint density at radius 1 is 1.03 bits per heavy atom. The van der Waals surface area contributed by atoms with Crippen molar-refractivity contribution in [3.05, 3.63) is 48.8 Å². The van der Waals surface area contributed by atoms with E-state index < -0.39 is 0 Å². The minimum atomic E-state index is 0.614. The Hall–Kier alpha value is -3.85. The molecule has 1 amide bonds. The number of ether oxygens (including phenoxy) is 1. The fourth-order valence-electron chi connectivity index (χ4n) is 4.53. The average Bonchev–Trinajstić information content (AvgIpc) is 3.33.